The lowest BCUT2D eigenvalue weighted by molar-refractivity contribution is 0.0955. The number of hydrogen-bond donors (Lipinski definition) is 2. The molecule has 0 aliphatic heterocycles. The summed E-state index contributed by atoms with van der Waals surface area (Å²) in [6, 6.07) is 13.9. The summed E-state index contributed by atoms with van der Waals surface area (Å²) in [6.45, 7) is 0. The number of hydrazone groups is 1. The van der Waals surface area contributed by atoms with E-state index >= 15 is 0 Å². The smallest absolute Gasteiger partial charge is 0.271 e. The second-order valence-corrected chi connectivity index (χ2v) is 5.01. The van der Waals surface area contributed by atoms with Crippen LogP contribution < -0.4 is 5.43 Å². The lowest BCUT2D eigenvalue weighted by Gasteiger charge is -2.00. The second kappa shape index (κ2) is 6.33. The number of nitrogens with one attached hydrogen (secondary N) is 1. The van der Waals surface area contributed by atoms with Crippen LogP contribution in [0.1, 0.15) is 15.9 Å². The van der Waals surface area contributed by atoms with Gasteiger partial charge in [0.25, 0.3) is 5.91 Å². The van der Waals surface area contributed by atoms with E-state index in [-0.39, 0.29) is 11.7 Å². The zero-order valence-electron chi connectivity index (χ0n) is 9.88. The first-order valence-electron chi connectivity index (χ1n) is 5.54. The molecule has 0 spiro atoms. The van der Waals surface area contributed by atoms with Gasteiger partial charge in [0.2, 0.25) is 0 Å². The van der Waals surface area contributed by atoms with Gasteiger partial charge in [0.15, 0.2) is 0 Å². The van der Waals surface area contributed by atoms with Crippen LogP contribution in [0.2, 0.25) is 0 Å². The van der Waals surface area contributed by atoms with Crippen molar-refractivity contribution in [2.75, 3.05) is 0 Å². The summed E-state index contributed by atoms with van der Waals surface area (Å²) in [5, 5.41) is 13.4. The van der Waals surface area contributed by atoms with Gasteiger partial charge < -0.3 is 5.11 Å². The second-order valence-electron chi connectivity index (χ2n) is 3.77. The molecule has 2 aromatic carbocycles. The van der Waals surface area contributed by atoms with Crippen LogP contribution in [-0.2, 0) is 0 Å². The Kier molecular flexibility index (Phi) is 4.51. The van der Waals surface area contributed by atoms with Gasteiger partial charge in [-0.05, 0) is 52.9 Å². The van der Waals surface area contributed by atoms with E-state index in [1.807, 2.05) is 6.07 Å². The van der Waals surface area contributed by atoms with Crippen LogP contribution >= 0.6 is 22.6 Å². The molecule has 0 saturated heterocycles. The van der Waals surface area contributed by atoms with E-state index < -0.39 is 0 Å². The molecule has 2 aromatic rings. The number of aromatic hydroxyl groups is 1. The minimum Gasteiger partial charge on any atom is -0.507 e. The third-order valence-corrected chi connectivity index (χ3v) is 3.07. The lowest BCUT2D eigenvalue weighted by atomic mass is 10.2. The number of halogens is 1. The molecule has 1 amide bonds. The van der Waals surface area contributed by atoms with Crippen LogP contribution in [-0.4, -0.2) is 17.2 Å². The standard InChI is InChI=1S/C14H11IN2O2/c15-12-6-7-13(18)11(8-12)9-16-17-14(19)10-4-2-1-3-5-10/h1-9,18H,(H,17,19)/b16-9-. The highest BCUT2D eigenvalue weighted by atomic mass is 127. The average Bonchev–Trinajstić information content (AvgIpc) is 2.43. The minimum atomic E-state index is -0.290. The Morgan fingerprint density at radius 3 is 2.68 bits per heavy atom. The molecular weight excluding hydrogens is 355 g/mol. The predicted octanol–water partition coefficient (Wildman–Crippen LogP) is 2.76. The number of rotatable bonds is 3. The molecule has 0 radical (unpaired) electrons. The maximum absolute atomic E-state index is 11.7. The van der Waals surface area contributed by atoms with Crippen molar-refractivity contribution in [1.29, 1.82) is 0 Å². The molecule has 0 aliphatic carbocycles. The highest BCUT2D eigenvalue weighted by Gasteiger charge is 2.02. The molecule has 0 aromatic heterocycles. The third kappa shape index (κ3) is 3.78. The van der Waals surface area contributed by atoms with Crippen LogP contribution in [0.3, 0.4) is 0 Å². The minimum absolute atomic E-state index is 0.123. The summed E-state index contributed by atoms with van der Waals surface area (Å²) in [7, 11) is 0. The monoisotopic (exact) mass is 366 g/mol. The van der Waals surface area contributed by atoms with Gasteiger partial charge in [0, 0.05) is 14.7 Å². The van der Waals surface area contributed by atoms with Crippen molar-refractivity contribution >= 4 is 34.7 Å². The van der Waals surface area contributed by atoms with Crippen LogP contribution in [0.4, 0.5) is 0 Å². The van der Waals surface area contributed by atoms with Gasteiger partial charge in [-0.2, -0.15) is 5.10 Å². The molecule has 2 N–H and O–H groups in total. The number of nitrogens with zero attached hydrogens (tertiary/aromatic N) is 1. The summed E-state index contributed by atoms with van der Waals surface area (Å²) in [4.78, 5) is 11.7. The van der Waals surface area contributed by atoms with E-state index in [1.54, 1.807) is 42.5 Å². The van der Waals surface area contributed by atoms with E-state index in [1.165, 1.54) is 6.21 Å². The number of phenolic OH excluding ortho intramolecular Hbond substituents is 1. The Labute approximate surface area is 124 Å². The first kappa shape index (κ1) is 13.5. The molecule has 0 heterocycles. The maximum atomic E-state index is 11.7. The molecule has 0 bridgehead atoms. The number of phenols is 1. The number of carbonyl (C=O) groups is 1. The summed E-state index contributed by atoms with van der Waals surface area (Å²) in [5.41, 5.74) is 3.50. The van der Waals surface area contributed by atoms with Crippen molar-refractivity contribution in [1.82, 2.24) is 5.43 Å². The Morgan fingerprint density at radius 1 is 1.21 bits per heavy atom. The Bertz CT molecular complexity index is 612. The summed E-state index contributed by atoms with van der Waals surface area (Å²) in [5.74, 6) is -0.167. The SMILES string of the molecule is O=C(N/N=C\c1cc(I)ccc1O)c1ccccc1. The quantitative estimate of drug-likeness (QED) is 0.499. The first-order chi connectivity index (χ1) is 9.16. The molecule has 2 rings (SSSR count). The van der Waals surface area contributed by atoms with E-state index in [0.29, 0.717) is 11.1 Å². The largest absolute Gasteiger partial charge is 0.507 e. The van der Waals surface area contributed by atoms with Gasteiger partial charge in [-0.25, -0.2) is 5.43 Å². The summed E-state index contributed by atoms with van der Waals surface area (Å²) >= 11 is 2.14. The van der Waals surface area contributed by atoms with Gasteiger partial charge in [0.1, 0.15) is 5.75 Å². The molecule has 19 heavy (non-hydrogen) atoms. The van der Waals surface area contributed by atoms with E-state index in [2.05, 4.69) is 33.1 Å². The first-order valence-corrected chi connectivity index (χ1v) is 6.61. The van der Waals surface area contributed by atoms with Crippen LogP contribution in [0.15, 0.2) is 53.6 Å². The number of amides is 1. The van der Waals surface area contributed by atoms with Crippen molar-refractivity contribution in [3.8, 4) is 5.75 Å². The van der Waals surface area contributed by atoms with Gasteiger partial charge in [-0.15, -0.1) is 0 Å². The lowest BCUT2D eigenvalue weighted by Crippen LogP contribution is -2.17. The third-order valence-electron chi connectivity index (χ3n) is 2.40. The average molecular weight is 366 g/mol. The highest BCUT2D eigenvalue weighted by Crippen LogP contribution is 2.17. The molecule has 0 atom stereocenters. The van der Waals surface area contributed by atoms with E-state index in [9.17, 15) is 9.90 Å². The highest BCUT2D eigenvalue weighted by molar-refractivity contribution is 14.1. The van der Waals surface area contributed by atoms with E-state index in [0.717, 1.165) is 3.57 Å². The maximum Gasteiger partial charge on any atom is 0.271 e. The Balaban J connectivity index is 2.04. The zero-order chi connectivity index (χ0) is 13.7. The fraction of sp³-hybridized carbons (Fsp3) is 0. The van der Waals surface area contributed by atoms with E-state index in [4.69, 9.17) is 0 Å². The molecule has 5 heteroatoms. The molecule has 0 aliphatic rings. The predicted molar refractivity (Wildman–Crippen MR) is 82.3 cm³/mol. The molecule has 96 valence electrons. The summed E-state index contributed by atoms with van der Waals surface area (Å²) in [6.07, 6.45) is 1.42. The number of hydrogen-bond acceptors (Lipinski definition) is 3. The van der Waals surface area contributed by atoms with Crippen LogP contribution in [0.25, 0.3) is 0 Å². The van der Waals surface area contributed by atoms with Crippen molar-refractivity contribution in [2.24, 2.45) is 5.10 Å². The molecule has 0 unspecified atom stereocenters. The molecule has 0 saturated carbocycles. The van der Waals surface area contributed by atoms with Crippen molar-refractivity contribution in [2.45, 2.75) is 0 Å². The van der Waals surface area contributed by atoms with Gasteiger partial charge in [0.05, 0.1) is 6.21 Å². The molecule has 4 nitrogen and oxygen atoms in total. The Morgan fingerprint density at radius 2 is 1.95 bits per heavy atom. The molecular formula is C14H11IN2O2. The fourth-order valence-corrected chi connectivity index (χ4v) is 1.96. The Hall–Kier alpha value is -1.89. The van der Waals surface area contributed by atoms with Crippen LogP contribution in [0, 0.1) is 3.57 Å². The fourth-order valence-electron chi connectivity index (χ4n) is 1.44. The van der Waals surface area contributed by atoms with Gasteiger partial charge in [-0.1, -0.05) is 18.2 Å². The topological polar surface area (TPSA) is 61.7 Å². The number of benzene rings is 2. The normalized spacial score (nSPS) is 10.6. The zero-order valence-corrected chi connectivity index (χ0v) is 12.0. The number of carbonyl (C=O) groups excluding carboxylic acids is 1. The summed E-state index contributed by atoms with van der Waals surface area (Å²) < 4.78 is 0.978. The van der Waals surface area contributed by atoms with Crippen molar-refractivity contribution in [3.63, 3.8) is 0 Å². The van der Waals surface area contributed by atoms with Gasteiger partial charge in [-0.3, -0.25) is 4.79 Å². The van der Waals surface area contributed by atoms with Gasteiger partial charge >= 0.3 is 0 Å². The molecule has 0 fully saturated rings. The van der Waals surface area contributed by atoms with Crippen molar-refractivity contribution < 1.29 is 9.90 Å². The van der Waals surface area contributed by atoms with Crippen molar-refractivity contribution in [3.05, 3.63) is 63.2 Å². The van der Waals surface area contributed by atoms with Crippen LogP contribution in [0.5, 0.6) is 5.75 Å².